The van der Waals surface area contributed by atoms with Gasteiger partial charge in [0.2, 0.25) is 0 Å². The van der Waals surface area contributed by atoms with Crippen molar-refractivity contribution in [3.63, 3.8) is 0 Å². The first-order chi connectivity index (χ1) is 10.1. The van der Waals surface area contributed by atoms with E-state index in [-0.39, 0.29) is 5.69 Å². The quantitative estimate of drug-likeness (QED) is 0.475. The van der Waals surface area contributed by atoms with E-state index in [1.54, 1.807) is 6.92 Å². The van der Waals surface area contributed by atoms with Gasteiger partial charge in [-0.15, -0.1) is 0 Å². The number of rotatable bonds is 6. The zero-order chi connectivity index (χ0) is 15.2. The zero-order valence-electron chi connectivity index (χ0n) is 12.1. The summed E-state index contributed by atoms with van der Waals surface area (Å²) in [6.45, 7) is 2.96. The fourth-order valence-corrected chi connectivity index (χ4v) is 2.95. The van der Waals surface area contributed by atoms with Crippen molar-refractivity contribution in [2.75, 3.05) is 18.5 Å². The van der Waals surface area contributed by atoms with E-state index in [2.05, 4.69) is 26.2 Å². The molecule has 0 saturated heterocycles. The summed E-state index contributed by atoms with van der Waals surface area (Å²) in [5.74, 6) is 0.616. The van der Waals surface area contributed by atoms with Crippen molar-refractivity contribution in [1.29, 1.82) is 0 Å². The van der Waals surface area contributed by atoms with Crippen LogP contribution < -0.4 is 5.32 Å². The lowest BCUT2D eigenvalue weighted by Crippen LogP contribution is -2.20. The third-order valence-corrected chi connectivity index (χ3v) is 4.70. The number of aromatic nitrogens is 1. The summed E-state index contributed by atoms with van der Waals surface area (Å²) in [7, 11) is 0. The Balaban J connectivity index is 1.83. The average molecular weight is 358 g/mol. The van der Waals surface area contributed by atoms with Crippen LogP contribution >= 0.6 is 15.9 Å². The smallest absolute Gasteiger partial charge is 0.291 e. The third-order valence-electron chi connectivity index (χ3n) is 3.73. The van der Waals surface area contributed by atoms with Crippen molar-refractivity contribution >= 4 is 27.4 Å². The monoisotopic (exact) mass is 357 g/mol. The summed E-state index contributed by atoms with van der Waals surface area (Å²) in [5.41, 5.74) is 0.594. The lowest BCUT2D eigenvalue weighted by atomic mass is 9.98. The molecule has 0 unspecified atom stereocenters. The number of halogens is 1. The van der Waals surface area contributed by atoms with Gasteiger partial charge in [0.1, 0.15) is 12.0 Å². The molecule has 2 rings (SSSR count). The SMILES string of the molecule is Cc1c([N+](=O)[O-])cnc(NCCOC2CCCCC2)c1Br. The number of anilines is 1. The van der Waals surface area contributed by atoms with E-state index in [0.29, 0.717) is 35.1 Å². The molecule has 0 radical (unpaired) electrons. The highest BCUT2D eigenvalue weighted by Crippen LogP contribution is 2.30. The predicted octanol–water partition coefficient (Wildman–Crippen LogP) is 3.82. The summed E-state index contributed by atoms with van der Waals surface area (Å²) in [5, 5.41) is 14.0. The van der Waals surface area contributed by atoms with Crippen LogP contribution in [0.25, 0.3) is 0 Å². The van der Waals surface area contributed by atoms with Crippen molar-refractivity contribution < 1.29 is 9.66 Å². The summed E-state index contributed by atoms with van der Waals surface area (Å²) < 4.78 is 6.46. The molecule has 1 N–H and O–H groups in total. The van der Waals surface area contributed by atoms with E-state index in [4.69, 9.17) is 4.74 Å². The molecule has 1 saturated carbocycles. The van der Waals surface area contributed by atoms with E-state index in [1.807, 2.05) is 0 Å². The fourth-order valence-electron chi connectivity index (χ4n) is 2.50. The van der Waals surface area contributed by atoms with Gasteiger partial charge in [-0.2, -0.15) is 0 Å². The standard InChI is InChI=1S/C14H20BrN3O3/c1-10-12(18(19)20)9-17-14(13(10)15)16-7-8-21-11-5-3-2-4-6-11/h9,11H,2-8H2,1H3,(H,16,17). The molecule has 0 aromatic carbocycles. The van der Waals surface area contributed by atoms with Gasteiger partial charge in [-0.1, -0.05) is 19.3 Å². The van der Waals surface area contributed by atoms with Gasteiger partial charge >= 0.3 is 0 Å². The highest BCUT2D eigenvalue weighted by atomic mass is 79.9. The van der Waals surface area contributed by atoms with Crippen molar-refractivity contribution in [3.8, 4) is 0 Å². The maximum Gasteiger partial charge on any atom is 0.291 e. The second kappa shape index (κ2) is 7.70. The van der Waals surface area contributed by atoms with Crippen LogP contribution in [-0.2, 0) is 4.74 Å². The highest BCUT2D eigenvalue weighted by molar-refractivity contribution is 9.10. The topological polar surface area (TPSA) is 77.3 Å². The Morgan fingerprint density at radius 1 is 1.48 bits per heavy atom. The van der Waals surface area contributed by atoms with Crippen LogP contribution in [0.15, 0.2) is 10.7 Å². The summed E-state index contributed by atoms with van der Waals surface area (Å²) >= 11 is 3.36. The van der Waals surface area contributed by atoms with Crippen LogP contribution in [0.2, 0.25) is 0 Å². The summed E-state index contributed by atoms with van der Waals surface area (Å²) in [4.78, 5) is 14.5. The van der Waals surface area contributed by atoms with Crippen molar-refractivity contribution in [2.45, 2.75) is 45.1 Å². The van der Waals surface area contributed by atoms with E-state index in [1.165, 1.54) is 25.5 Å². The maximum absolute atomic E-state index is 10.8. The van der Waals surface area contributed by atoms with E-state index >= 15 is 0 Å². The second-order valence-corrected chi connectivity index (χ2v) is 6.04. The molecule has 0 amide bonds. The molecule has 1 aromatic heterocycles. The van der Waals surface area contributed by atoms with Gasteiger partial charge in [0.15, 0.2) is 0 Å². The minimum absolute atomic E-state index is 0.0193. The Bertz CT molecular complexity index is 504. The van der Waals surface area contributed by atoms with Crippen LogP contribution in [0.3, 0.4) is 0 Å². The first-order valence-electron chi connectivity index (χ1n) is 7.24. The summed E-state index contributed by atoms with van der Waals surface area (Å²) in [6, 6.07) is 0. The maximum atomic E-state index is 10.8. The van der Waals surface area contributed by atoms with Gasteiger partial charge in [-0.3, -0.25) is 10.1 Å². The Morgan fingerprint density at radius 3 is 2.86 bits per heavy atom. The molecule has 116 valence electrons. The van der Waals surface area contributed by atoms with Gasteiger partial charge in [0.05, 0.1) is 22.1 Å². The van der Waals surface area contributed by atoms with Crippen molar-refractivity contribution in [2.24, 2.45) is 0 Å². The first-order valence-corrected chi connectivity index (χ1v) is 8.04. The van der Waals surface area contributed by atoms with Crippen LogP contribution in [0, 0.1) is 17.0 Å². The molecule has 1 heterocycles. The molecule has 1 fully saturated rings. The Kier molecular flexibility index (Phi) is 5.93. The van der Waals surface area contributed by atoms with Crippen molar-refractivity contribution in [3.05, 3.63) is 26.3 Å². The number of hydrogen-bond acceptors (Lipinski definition) is 5. The molecule has 0 spiro atoms. The number of nitrogens with zero attached hydrogens (tertiary/aromatic N) is 2. The average Bonchev–Trinajstić information content (AvgIpc) is 2.48. The number of ether oxygens (including phenoxy) is 1. The molecule has 6 nitrogen and oxygen atoms in total. The number of nitrogens with one attached hydrogen (secondary N) is 1. The largest absolute Gasteiger partial charge is 0.376 e. The zero-order valence-corrected chi connectivity index (χ0v) is 13.7. The Hall–Kier alpha value is -1.21. The molecule has 21 heavy (non-hydrogen) atoms. The lowest BCUT2D eigenvalue weighted by Gasteiger charge is -2.22. The fraction of sp³-hybridized carbons (Fsp3) is 0.643. The minimum atomic E-state index is -0.428. The number of nitro groups is 1. The Morgan fingerprint density at radius 2 is 2.19 bits per heavy atom. The first kappa shape index (κ1) is 16.2. The second-order valence-electron chi connectivity index (χ2n) is 5.25. The molecular formula is C14H20BrN3O3. The number of hydrogen-bond donors (Lipinski definition) is 1. The molecule has 0 atom stereocenters. The molecule has 1 aliphatic carbocycles. The van der Waals surface area contributed by atoms with Gasteiger partial charge in [0.25, 0.3) is 5.69 Å². The summed E-state index contributed by atoms with van der Waals surface area (Å²) in [6.07, 6.45) is 7.80. The van der Waals surface area contributed by atoms with Crippen molar-refractivity contribution in [1.82, 2.24) is 4.98 Å². The molecule has 1 aliphatic rings. The van der Waals surface area contributed by atoms with Gasteiger partial charge in [-0.25, -0.2) is 4.98 Å². The van der Waals surface area contributed by atoms with Crippen LogP contribution in [0.1, 0.15) is 37.7 Å². The van der Waals surface area contributed by atoms with Gasteiger partial charge in [-0.05, 0) is 35.7 Å². The molecule has 1 aromatic rings. The van der Waals surface area contributed by atoms with E-state index in [0.717, 1.165) is 12.8 Å². The molecular weight excluding hydrogens is 338 g/mol. The Labute approximate surface area is 132 Å². The molecule has 0 bridgehead atoms. The van der Waals surface area contributed by atoms with E-state index < -0.39 is 4.92 Å². The lowest BCUT2D eigenvalue weighted by molar-refractivity contribution is -0.385. The van der Waals surface area contributed by atoms with Gasteiger partial charge < -0.3 is 10.1 Å². The highest BCUT2D eigenvalue weighted by Gasteiger charge is 2.17. The minimum Gasteiger partial charge on any atom is -0.376 e. The predicted molar refractivity (Wildman–Crippen MR) is 84.6 cm³/mol. The normalized spacial score (nSPS) is 15.9. The molecule has 0 aliphatic heterocycles. The van der Waals surface area contributed by atoms with E-state index in [9.17, 15) is 10.1 Å². The third kappa shape index (κ3) is 4.38. The molecule has 7 heteroatoms. The van der Waals surface area contributed by atoms with Crippen LogP contribution in [0.5, 0.6) is 0 Å². The van der Waals surface area contributed by atoms with Gasteiger partial charge in [0, 0.05) is 12.1 Å². The number of pyridine rings is 1. The van der Waals surface area contributed by atoms with Crippen LogP contribution in [-0.4, -0.2) is 29.2 Å². The van der Waals surface area contributed by atoms with Crippen LogP contribution in [0.4, 0.5) is 11.5 Å².